The van der Waals surface area contributed by atoms with Gasteiger partial charge in [-0.1, -0.05) is 20.8 Å². The normalized spacial score (nSPS) is 23.2. The smallest absolute Gasteiger partial charge is 0.315 e. The molecule has 1 aromatic rings. The zero-order valence-electron chi connectivity index (χ0n) is 15.5. The summed E-state index contributed by atoms with van der Waals surface area (Å²) in [5.41, 5.74) is -0.0621. The fourth-order valence-electron chi connectivity index (χ4n) is 2.86. The number of carbonyl (C=O) groups is 1. The first-order chi connectivity index (χ1) is 11.3. The predicted molar refractivity (Wildman–Crippen MR) is 92.0 cm³/mol. The minimum absolute atomic E-state index is 0.0276. The lowest BCUT2D eigenvalue weighted by Crippen LogP contribution is -2.48. The third kappa shape index (κ3) is 4.27. The van der Waals surface area contributed by atoms with Gasteiger partial charge in [-0.3, -0.25) is 4.90 Å². The number of aromatic nitrogens is 1. The minimum atomic E-state index is -0.162. The highest BCUT2D eigenvalue weighted by molar-refractivity contribution is 5.74. The van der Waals surface area contributed by atoms with Crippen LogP contribution in [0.4, 0.5) is 4.79 Å². The Morgan fingerprint density at radius 1 is 1.50 bits per heavy atom. The first-order valence-electron chi connectivity index (χ1n) is 8.53. The Morgan fingerprint density at radius 3 is 2.75 bits per heavy atom. The molecule has 1 fully saturated rings. The molecule has 1 saturated heterocycles. The molecule has 1 aliphatic heterocycles. The van der Waals surface area contributed by atoms with Gasteiger partial charge in [0.2, 0.25) is 5.89 Å². The van der Waals surface area contributed by atoms with Crippen LogP contribution in [0, 0.1) is 0 Å². The van der Waals surface area contributed by atoms with Crippen molar-refractivity contribution in [2.45, 2.75) is 58.2 Å². The number of oxazole rings is 1. The van der Waals surface area contributed by atoms with Crippen LogP contribution in [0.3, 0.4) is 0 Å². The first kappa shape index (κ1) is 18.7. The van der Waals surface area contributed by atoms with Gasteiger partial charge in [0.15, 0.2) is 0 Å². The molecule has 2 heterocycles. The standard InChI is InChI=1S/C17H30N4O3/c1-7-18-16(22)20-12-9-21(10-13(12)23-6)11(2)15-19-8-14(24-15)17(3,4)5/h8,11-13H,7,9-10H2,1-6H3,(H2,18,20,22)/t11?,12?,13-/m0/s1. The summed E-state index contributed by atoms with van der Waals surface area (Å²) in [6, 6.07) is -0.189. The largest absolute Gasteiger partial charge is 0.443 e. The predicted octanol–water partition coefficient (Wildman–Crippen LogP) is 2.05. The maximum Gasteiger partial charge on any atom is 0.315 e. The van der Waals surface area contributed by atoms with Crippen LogP contribution in [0.5, 0.6) is 0 Å². The van der Waals surface area contributed by atoms with E-state index < -0.39 is 0 Å². The van der Waals surface area contributed by atoms with Gasteiger partial charge in [-0.05, 0) is 13.8 Å². The van der Waals surface area contributed by atoms with Crippen LogP contribution >= 0.6 is 0 Å². The van der Waals surface area contributed by atoms with Crippen LogP contribution in [0.15, 0.2) is 10.6 Å². The molecule has 2 N–H and O–H groups in total. The topological polar surface area (TPSA) is 79.6 Å². The van der Waals surface area contributed by atoms with Crippen LogP contribution in [0.1, 0.15) is 52.3 Å². The molecule has 24 heavy (non-hydrogen) atoms. The Labute approximate surface area is 144 Å². The number of urea groups is 1. The summed E-state index contributed by atoms with van der Waals surface area (Å²) in [7, 11) is 1.67. The van der Waals surface area contributed by atoms with Gasteiger partial charge in [-0.2, -0.15) is 0 Å². The van der Waals surface area contributed by atoms with Crippen molar-refractivity contribution in [1.29, 1.82) is 0 Å². The van der Waals surface area contributed by atoms with Crippen LogP contribution in [0.25, 0.3) is 0 Å². The number of amides is 2. The molecule has 2 rings (SSSR count). The Balaban J connectivity index is 2.04. The molecule has 0 saturated carbocycles. The average molecular weight is 338 g/mol. The summed E-state index contributed by atoms with van der Waals surface area (Å²) < 4.78 is 11.5. The van der Waals surface area contributed by atoms with E-state index in [1.165, 1.54) is 0 Å². The van der Waals surface area contributed by atoms with Crippen molar-refractivity contribution in [3.8, 4) is 0 Å². The molecule has 2 amide bonds. The summed E-state index contributed by atoms with van der Waals surface area (Å²) in [5, 5.41) is 5.74. The molecule has 1 aliphatic rings. The van der Waals surface area contributed by atoms with Gasteiger partial charge in [0, 0.05) is 32.2 Å². The average Bonchev–Trinajstić information content (AvgIpc) is 3.13. The molecule has 0 aromatic carbocycles. The molecule has 2 unspecified atom stereocenters. The number of likely N-dealkylation sites (tertiary alicyclic amines) is 1. The van der Waals surface area contributed by atoms with Crippen molar-refractivity contribution in [3.63, 3.8) is 0 Å². The van der Waals surface area contributed by atoms with E-state index in [0.717, 1.165) is 12.3 Å². The van der Waals surface area contributed by atoms with Gasteiger partial charge in [0.1, 0.15) is 5.76 Å². The van der Waals surface area contributed by atoms with Crippen LogP contribution < -0.4 is 10.6 Å². The summed E-state index contributed by atoms with van der Waals surface area (Å²) in [4.78, 5) is 18.5. The van der Waals surface area contributed by atoms with Crippen LogP contribution in [-0.4, -0.2) is 54.8 Å². The molecular weight excluding hydrogens is 308 g/mol. The third-order valence-corrected chi connectivity index (χ3v) is 4.42. The van der Waals surface area contributed by atoms with Crippen molar-refractivity contribution in [3.05, 3.63) is 17.8 Å². The SMILES string of the molecule is CCNC(=O)NC1CN(C(C)c2ncc(C(C)(C)C)o2)C[C@@H]1OC. The Hall–Kier alpha value is -1.60. The van der Waals surface area contributed by atoms with E-state index in [-0.39, 0.29) is 29.6 Å². The summed E-state index contributed by atoms with van der Waals surface area (Å²) in [6.07, 6.45) is 1.76. The maximum absolute atomic E-state index is 11.8. The van der Waals surface area contributed by atoms with E-state index in [4.69, 9.17) is 9.15 Å². The molecule has 3 atom stereocenters. The van der Waals surface area contributed by atoms with E-state index >= 15 is 0 Å². The minimum Gasteiger partial charge on any atom is -0.443 e. The van der Waals surface area contributed by atoms with Gasteiger partial charge in [0.05, 0.1) is 24.4 Å². The van der Waals surface area contributed by atoms with E-state index in [1.54, 1.807) is 13.3 Å². The number of carbonyl (C=O) groups excluding carboxylic acids is 1. The number of nitrogens with zero attached hydrogens (tertiary/aromatic N) is 2. The third-order valence-electron chi connectivity index (χ3n) is 4.42. The molecule has 1 aromatic heterocycles. The maximum atomic E-state index is 11.8. The molecule has 0 bridgehead atoms. The second-order valence-electron chi connectivity index (χ2n) is 7.33. The molecule has 0 aliphatic carbocycles. The monoisotopic (exact) mass is 338 g/mol. The quantitative estimate of drug-likeness (QED) is 0.859. The Bertz CT molecular complexity index is 552. The highest BCUT2D eigenvalue weighted by atomic mass is 16.5. The summed E-state index contributed by atoms with van der Waals surface area (Å²) >= 11 is 0. The number of nitrogens with one attached hydrogen (secondary N) is 2. The second-order valence-corrected chi connectivity index (χ2v) is 7.33. The van der Waals surface area contributed by atoms with Gasteiger partial charge in [-0.15, -0.1) is 0 Å². The summed E-state index contributed by atoms with van der Waals surface area (Å²) in [6.45, 7) is 12.3. The lowest BCUT2D eigenvalue weighted by atomic mass is 9.94. The molecule has 7 nitrogen and oxygen atoms in total. The fourth-order valence-corrected chi connectivity index (χ4v) is 2.86. The van der Waals surface area contributed by atoms with E-state index in [9.17, 15) is 4.79 Å². The van der Waals surface area contributed by atoms with Crippen LogP contribution in [-0.2, 0) is 10.2 Å². The highest BCUT2D eigenvalue weighted by Gasteiger charge is 2.37. The zero-order chi connectivity index (χ0) is 17.9. The number of rotatable bonds is 5. The molecule has 7 heteroatoms. The van der Waals surface area contributed by atoms with Gasteiger partial charge >= 0.3 is 6.03 Å². The number of hydrogen-bond acceptors (Lipinski definition) is 5. The number of ether oxygens (including phenoxy) is 1. The van der Waals surface area contributed by atoms with Crippen LogP contribution in [0.2, 0.25) is 0 Å². The Kier molecular flexibility index (Phi) is 5.87. The van der Waals surface area contributed by atoms with Gasteiger partial charge < -0.3 is 19.8 Å². The fraction of sp³-hybridized carbons (Fsp3) is 0.765. The van der Waals surface area contributed by atoms with Crippen molar-refractivity contribution in [2.75, 3.05) is 26.7 Å². The van der Waals surface area contributed by atoms with Gasteiger partial charge in [0.25, 0.3) is 0 Å². The number of hydrogen-bond donors (Lipinski definition) is 2. The molecular formula is C17H30N4O3. The number of methoxy groups -OCH3 is 1. The van der Waals surface area contributed by atoms with E-state index in [0.29, 0.717) is 19.0 Å². The molecule has 0 radical (unpaired) electrons. The molecule has 136 valence electrons. The lowest BCUT2D eigenvalue weighted by molar-refractivity contribution is 0.0864. The van der Waals surface area contributed by atoms with E-state index in [2.05, 4.69) is 48.2 Å². The highest BCUT2D eigenvalue weighted by Crippen LogP contribution is 2.29. The summed E-state index contributed by atoms with van der Waals surface area (Å²) in [5.74, 6) is 1.58. The van der Waals surface area contributed by atoms with Crippen molar-refractivity contribution >= 4 is 6.03 Å². The van der Waals surface area contributed by atoms with Crippen molar-refractivity contribution in [2.24, 2.45) is 0 Å². The van der Waals surface area contributed by atoms with Crippen molar-refractivity contribution < 1.29 is 13.9 Å². The Morgan fingerprint density at radius 2 is 2.21 bits per heavy atom. The first-order valence-corrected chi connectivity index (χ1v) is 8.53. The van der Waals surface area contributed by atoms with Gasteiger partial charge in [-0.25, -0.2) is 9.78 Å². The zero-order valence-corrected chi connectivity index (χ0v) is 15.5. The second kappa shape index (κ2) is 7.53. The molecule has 0 spiro atoms. The van der Waals surface area contributed by atoms with E-state index in [1.807, 2.05) is 6.92 Å². The lowest BCUT2D eigenvalue weighted by Gasteiger charge is -2.21. The van der Waals surface area contributed by atoms with Crippen molar-refractivity contribution in [1.82, 2.24) is 20.5 Å².